The summed E-state index contributed by atoms with van der Waals surface area (Å²) in [5, 5.41) is 9.49. The standard InChI is InChI=1S/C17H18O5/c18-16(19)14-8-12-6-7-13(9-15(12)22-17(14)20)21-10-11-4-2-1-3-5-11/h6-9,11H,1-5,10H2,(H,18,19). The summed E-state index contributed by atoms with van der Waals surface area (Å²) in [4.78, 5) is 22.5. The summed E-state index contributed by atoms with van der Waals surface area (Å²) >= 11 is 0. The highest BCUT2D eigenvalue weighted by atomic mass is 16.5. The van der Waals surface area contributed by atoms with Crippen molar-refractivity contribution >= 4 is 16.9 Å². The van der Waals surface area contributed by atoms with Crippen LogP contribution in [-0.2, 0) is 0 Å². The molecule has 0 radical (unpaired) electrons. The van der Waals surface area contributed by atoms with E-state index in [1.54, 1.807) is 18.2 Å². The van der Waals surface area contributed by atoms with E-state index in [0.717, 1.165) is 0 Å². The number of carbonyl (C=O) groups is 1. The van der Waals surface area contributed by atoms with Crippen molar-refractivity contribution in [3.8, 4) is 5.75 Å². The second kappa shape index (κ2) is 6.22. The van der Waals surface area contributed by atoms with Crippen LogP contribution < -0.4 is 10.4 Å². The normalized spacial score (nSPS) is 15.8. The Morgan fingerprint density at radius 1 is 1.23 bits per heavy atom. The molecule has 1 aliphatic carbocycles. The van der Waals surface area contributed by atoms with Gasteiger partial charge in [0.15, 0.2) is 0 Å². The van der Waals surface area contributed by atoms with E-state index in [1.807, 2.05) is 0 Å². The zero-order valence-corrected chi connectivity index (χ0v) is 12.2. The van der Waals surface area contributed by atoms with E-state index in [9.17, 15) is 9.59 Å². The number of hydrogen-bond donors (Lipinski definition) is 1. The molecule has 3 rings (SSSR count). The molecule has 0 atom stereocenters. The zero-order chi connectivity index (χ0) is 15.5. The maximum atomic E-state index is 11.6. The fourth-order valence-electron chi connectivity index (χ4n) is 2.90. The van der Waals surface area contributed by atoms with Gasteiger partial charge >= 0.3 is 11.6 Å². The van der Waals surface area contributed by atoms with Crippen molar-refractivity contribution in [3.05, 3.63) is 40.2 Å². The summed E-state index contributed by atoms with van der Waals surface area (Å²) < 4.78 is 10.9. The number of carboxylic acid groups (broad SMARTS) is 1. The molecule has 0 saturated heterocycles. The Bertz CT molecular complexity index is 740. The molecule has 0 bridgehead atoms. The lowest BCUT2D eigenvalue weighted by Crippen LogP contribution is -2.15. The first-order valence-electron chi connectivity index (χ1n) is 7.57. The van der Waals surface area contributed by atoms with Crippen LogP contribution in [0.25, 0.3) is 11.0 Å². The van der Waals surface area contributed by atoms with Gasteiger partial charge in [0.25, 0.3) is 0 Å². The van der Waals surface area contributed by atoms with Crippen LogP contribution in [0.4, 0.5) is 0 Å². The first-order valence-corrected chi connectivity index (χ1v) is 7.57. The summed E-state index contributed by atoms with van der Waals surface area (Å²) in [5.41, 5.74) is -0.857. The third-order valence-corrected chi connectivity index (χ3v) is 4.15. The quantitative estimate of drug-likeness (QED) is 0.875. The second-order valence-electron chi connectivity index (χ2n) is 5.77. The Morgan fingerprint density at radius 3 is 2.73 bits per heavy atom. The van der Waals surface area contributed by atoms with Gasteiger partial charge in [0, 0.05) is 11.5 Å². The van der Waals surface area contributed by atoms with E-state index in [4.69, 9.17) is 14.3 Å². The van der Waals surface area contributed by atoms with Crippen molar-refractivity contribution in [1.29, 1.82) is 0 Å². The van der Waals surface area contributed by atoms with Crippen LogP contribution in [0.1, 0.15) is 42.5 Å². The molecule has 0 unspecified atom stereocenters. The molecular weight excluding hydrogens is 284 g/mol. The summed E-state index contributed by atoms with van der Waals surface area (Å²) in [6.07, 6.45) is 6.23. The molecule has 0 amide bonds. The molecule has 1 aromatic carbocycles. The lowest BCUT2D eigenvalue weighted by Gasteiger charge is -2.21. The van der Waals surface area contributed by atoms with Crippen LogP contribution in [-0.4, -0.2) is 17.7 Å². The van der Waals surface area contributed by atoms with E-state index in [1.165, 1.54) is 38.2 Å². The minimum absolute atomic E-state index is 0.344. The summed E-state index contributed by atoms with van der Waals surface area (Å²) in [7, 11) is 0. The highest BCUT2D eigenvalue weighted by Gasteiger charge is 2.15. The number of carboxylic acids is 1. The van der Waals surface area contributed by atoms with Gasteiger partial charge in [-0.15, -0.1) is 0 Å². The van der Waals surface area contributed by atoms with Gasteiger partial charge in [-0.2, -0.15) is 0 Å². The Morgan fingerprint density at radius 2 is 2.00 bits per heavy atom. The average molecular weight is 302 g/mol. The van der Waals surface area contributed by atoms with Gasteiger partial charge in [-0.3, -0.25) is 0 Å². The summed E-state index contributed by atoms with van der Waals surface area (Å²) in [5.74, 6) is -0.0524. The van der Waals surface area contributed by atoms with E-state index < -0.39 is 11.6 Å². The Kier molecular flexibility index (Phi) is 4.13. The SMILES string of the molecule is O=C(O)c1cc2ccc(OCC3CCCCC3)cc2oc1=O. The molecule has 1 fully saturated rings. The molecule has 0 aliphatic heterocycles. The van der Waals surface area contributed by atoms with Crippen LogP contribution in [0.15, 0.2) is 33.5 Å². The molecule has 2 aromatic rings. The van der Waals surface area contributed by atoms with Gasteiger partial charge in [-0.25, -0.2) is 9.59 Å². The van der Waals surface area contributed by atoms with Crippen LogP contribution in [0.3, 0.4) is 0 Å². The lowest BCUT2D eigenvalue weighted by molar-refractivity contribution is 0.0692. The molecular formula is C17H18O5. The minimum Gasteiger partial charge on any atom is -0.493 e. The van der Waals surface area contributed by atoms with Crippen molar-refractivity contribution in [2.24, 2.45) is 5.92 Å². The number of benzene rings is 1. The van der Waals surface area contributed by atoms with E-state index >= 15 is 0 Å². The fourth-order valence-corrected chi connectivity index (χ4v) is 2.90. The molecule has 1 aromatic heterocycles. The predicted octanol–water partition coefficient (Wildman–Crippen LogP) is 3.45. The molecule has 1 heterocycles. The Labute approximate surface area is 127 Å². The summed E-state index contributed by atoms with van der Waals surface area (Å²) in [6.45, 7) is 0.670. The van der Waals surface area contributed by atoms with E-state index in [0.29, 0.717) is 29.2 Å². The zero-order valence-electron chi connectivity index (χ0n) is 12.2. The van der Waals surface area contributed by atoms with Gasteiger partial charge < -0.3 is 14.3 Å². The van der Waals surface area contributed by atoms with Crippen LogP contribution in [0, 0.1) is 5.92 Å². The van der Waals surface area contributed by atoms with E-state index in [-0.39, 0.29) is 5.56 Å². The first-order chi connectivity index (χ1) is 10.6. The number of ether oxygens (including phenoxy) is 1. The van der Waals surface area contributed by atoms with Gasteiger partial charge in [-0.05, 0) is 37.0 Å². The highest BCUT2D eigenvalue weighted by Crippen LogP contribution is 2.26. The molecule has 5 nitrogen and oxygen atoms in total. The lowest BCUT2D eigenvalue weighted by atomic mass is 9.90. The topological polar surface area (TPSA) is 76.7 Å². The Balaban J connectivity index is 1.79. The molecule has 1 aliphatic rings. The third kappa shape index (κ3) is 3.13. The van der Waals surface area contributed by atoms with Crippen molar-refractivity contribution in [2.45, 2.75) is 32.1 Å². The van der Waals surface area contributed by atoms with Crippen LogP contribution in [0.2, 0.25) is 0 Å². The maximum absolute atomic E-state index is 11.6. The van der Waals surface area contributed by atoms with Crippen LogP contribution >= 0.6 is 0 Å². The largest absolute Gasteiger partial charge is 0.493 e. The minimum atomic E-state index is -1.28. The molecule has 0 spiro atoms. The second-order valence-corrected chi connectivity index (χ2v) is 5.77. The molecule has 5 heteroatoms. The van der Waals surface area contributed by atoms with E-state index in [2.05, 4.69) is 0 Å². The molecule has 116 valence electrons. The predicted molar refractivity (Wildman–Crippen MR) is 81.5 cm³/mol. The molecule has 1 saturated carbocycles. The maximum Gasteiger partial charge on any atom is 0.351 e. The highest BCUT2D eigenvalue weighted by molar-refractivity contribution is 5.91. The van der Waals surface area contributed by atoms with Crippen molar-refractivity contribution in [2.75, 3.05) is 6.61 Å². The fraction of sp³-hybridized carbons (Fsp3) is 0.412. The Hall–Kier alpha value is -2.30. The van der Waals surface area contributed by atoms with Gasteiger partial charge in [-0.1, -0.05) is 19.3 Å². The number of aromatic carboxylic acids is 1. The number of fused-ring (bicyclic) bond motifs is 1. The number of hydrogen-bond acceptors (Lipinski definition) is 4. The van der Waals surface area contributed by atoms with Gasteiger partial charge in [0.2, 0.25) is 0 Å². The monoisotopic (exact) mass is 302 g/mol. The molecule has 22 heavy (non-hydrogen) atoms. The van der Waals surface area contributed by atoms with Gasteiger partial charge in [0.05, 0.1) is 6.61 Å². The average Bonchev–Trinajstić information content (AvgIpc) is 2.52. The van der Waals surface area contributed by atoms with Crippen LogP contribution in [0.5, 0.6) is 5.75 Å². The van der Waals surface area contributed by atoms with Crippen molar-refractivity contribution < 1.29 is 19.1 Å². The summed E-state index contributed by atoms with van der Waals surface area (Å²) in [6, 6.07) is 6.46. The molecule has 1 N–H and O–H groups in total. The number of rotatable bonds is 4. The van der Waals surface area contributed by atoms with Gasteiger partial charge in [0.1, 0.15) is 16.9 Å². The third-order valence-electron chi connectivity index (χ3n) is 4.15. The first kappa shape index (κ1) is 14.6. The smallest absolute Gasteiger partial charge is 0.351 e. The van der Waals surface area contributed by atoms with Crippen molar-refractivity contribution in [1.82, 2.24) is 0 Å². The van der Waals surface area contributed by atoms with Crippen molar-refractivity contribution in [3.63, 3.8) is 0 Å².